The van der Waals surface area contributed by atoms with Crippen molar-refractivity contribution in [1.29, 1.82) is 0 Å². The monoisotopic (exact) mass is 389 g/mol. The van der Waals surface area contributed by atoms with E-state index in [9.17, 15) is 26.4 Å². The van der Waals surface area contributed by atoms with Gasteiger partial charge in [-0.05, 0) is 30.3 Å². The number of benzene rings is 2. The van der Waals surface area contributed by atoms with Crippen LogP contribution in [0.15, 0.2) is 41.3 Å². The Balaban J connectivity index is 2.59. The van der Waals surface area contributed by atoms with Gasteiger partial charge in [0.1, 0.15) is 18.2 Å². The highest BCUT2D eigenvalue weighted by atomic mass is 32.2. The van der Waals surface area contributed by atoms with E-state index in [2.05, 4.69) is 4.74 Å². The Hall–Kier alpha value is -2.75. The van der Waals surface area contributed by atoms with Gasteiger partial charge in [-0.2, -0.15) is 0 Å². The fraction of sp³-hybridized carbons (Fsp3) is 0.188. The molecular formula is C16H14F3NO5S. The first kappa shape index (κ1) is 19.6. The van der Waals surface area contributed by atoms with Gasteiger partial charge in [-0.15, -0.1) is 0 Å². The van der Waals surface area contributed by atoms with Gasteiger partial charge in [0.2, 0.25) is 0 Å². The van der Waals surface area contributed by atoms with E-state index in [1.807, 2.05) is 0 Å². The normalized spacial score (nSPS) is 11.1. The third kappa shape index (κ3) is 3.90. The van der Waals surface area contributed by atoms with Crippen molar-refractivity contribution in [3.05, 3.63) is 53.8 Å². The number of hydrogen-bond acceptors (Lipinski definition) is 5. The average molecular weight is 389 g/mol. The second-order valence-electron chi connectivity index (χ2n) is 4.98. The van der Waals surface area contributed by atoms with Crippen LogP contribution in [0.1, 0.15) is 0 Å². The molecule has 0 saturated carbocycles. The predicted molar refractivity (Wildman–Crippen MR) is 85.9 cm³/mol. The number of esters is 1. The SMILES string of the molecule is COC(=O)CN(c1ccc(F)cc1F)S(=O)(=O)c1ccc(OC)c(F)c1. The van der Waals surface area contributed by atoms with Gasteiger partial charge in [0.05, 0.1) is 24.8 Å². The summed E-state index contributed by atoms with van der Waals surface area (Å²) in [6, 6.07) is 4.91. The van der Waals surface area contributed by atoms with Crippen LogP contribution in [0.25, 0.3) is 0 Å². The Morgan fingerprint density at radius 1 is 1.04 bits per heavy atom. The molecular weight excluding hydrogens is 375 g/mol. The van der Waals surface area contributed by atoms with E-state index < -0.39 is 50.6 Å². The number of rotatable bonds is 6. The molecule has 0 spiro atoms. The molecule has 0 aliphatic heterocycles. The second-order valence-corrected chi connectivity index (χ2v) is 6.84. The largest absolute Gasteiger partial charge is 0.494 e. The molecule has 0 aromatic heterocycles. The summed E-state index contributed by atoms with van der Waals surface area (Å²) in [4.78, 5) is 11.0. The lowest BCUT2D eigenvalue weighted by Gasteiger charge is -2.24. The van der Waals surface area contributed by atoms with E-state index in [0.717, 1.165) is 31.4 Å². The van der Waals surface area contributed by atoms with E-state index in [1.165, 1.54) is 7.11 Å². The smallest absolute Gasteiger partial charge is 0.326 e. The van der Waals surface area contributed by atoms with Gasteiger partial charge in [-0.25, -0.2) is 21.6 Å². The molecule has 0 heterocycles. The van der Waals surface area contributed by atoms with Crippen LogP contribution < -0.4 is 9.04 Å². The third-order valence-electron chi connectivity index (χ3n) is 3.39. The van der Waals surface area contributed by atoms with Crippen LogP contribution in [0, 0.1) is 17.5 Å². The molecule has 0 bridgehead atoms. The fourth-order valence-electron chi connectivity index (χ4n) is 2.10. The summed E-state index contributed by atoms with van der Waals surface area (Å²) in [7, 11) is -2.35. The highest BCUT2D eigenvalue weighted by molar-refractivity contribution is 7.92. The lowest BCUT2D eigenvalue weighted by atomic mass is 10.3. The molecule has 2 rings (SSSR count). The number of carbonyl (C=O) groups excluding carboxylic acids is 1. The fourth-order valence-corrected chi connectivity index (χ4v) is 3.53. The molecule has 0 aliphatic rings. The summed E-state index contributed by atoms with van der Waals surface area (Å²) in [6.45, 7) is -0.894. The number of carbonyl (C=O) groups is 1. The molecule has 2 aromatic rings. The van der Waals surface area contributed by atoms with Crippen LogP contribution in [0.2, 0.25) is 0 Å². The molecule has 0 amide bonds. The molecule has 10 heteroatoms. The van der Waals surface area contributed by atoms with Crippen molar-refractivity contribution in [1.82, 2.24) is 0 Å². The maximum atomic E-state index is 14.1. The van der Waals surface area contributed by atoms with Gasteiger partial charge in [0.25, 0.3) is 10.0 Å². The molecule has 140 valence electrons. The van der Waals surface area contributed by atoms with Crippen LogP contribution in [-0.4, -0.2) is 35.2 Å². The average Bonchev–Trinajstić information content (AvgIpc) is 2.59. The number of hydrogen-bond donors (Lipinski definition) is 0. The van der Waals surface area contributed by atoms with E-state index in [4.69, 9.17) is 4.74 Å². The molecule has 0 saturated heterocycles. The molecule has 26 heavy (non-hydrogen) atoms. The zero-order valence-corrected chi connectivity index (χ0v) is 14.5. The van der Waals surface area contributed by atoms with Crippen molar-refractivity contribution in [2.24, 2.45) is 0 Å². The molecule has 0 aliphatic carbocycles. The topological polar surface area (TPSA) is 72.9 Å². The zero-order valence-electron chi connectivity index (χ0n) is 13.7. The van der Waals surface area contributed by atoms with Gasteiger partial charge in [-0.3, -0.25) is 9.10 Å². The number of ether oxygens (including phenoxy) is 2. The summed E-state index contributed by atoms with van der Waals surface area (Å²) in [5, 5.41) is 0. The highest BCUT2D eigenvalue weighted by Gasteiger charge is 2.30. The highest BCUT2D eigenvalue weighted by Crippen LogP contribution is 2.29. The lowest BCUT2D eigenvalue weighted by Crippen LogP contribution is -2.37. The van der Waals surface area contributed by atoms with Gasteiger partial charge in [-0.1, -0.05) is 0 Å². The second kappa shape index (κ2) is 7.65. The maximum absolute atomic E-state index is 14.1. The molecule has 0 unspecified atom stereocenters. The molecule has 2 aromatic carbocycles. The Labute approximate surface area is 147 Å². The predicted octanol–water partition coefficient (Wildman–Crippen LogP) is 2.48. The number of methoxy groups -OCH3 is 2. The minimum atomic E-state index is -4.57. The first-order valence-electron chi connectivity index (χ1n) is 7.09. The van der Waals surface area contributed by atoms with Crippen molar-refractivity contribution in [3.63, 3.8) is 0 Å². The molecule has 0 N–H and O–H groups in total. The first-order chi connectivity index (χ1) is 12.2. The Bertz CT molecular complexity index is 933. The molecule has 6 nitrogen and oxygen atoms in total. The number of sulfonamides is 1. The molecule has 0 radical (unpaired) electrons. The Morgan fingerprint density at radius 2 is 1.73 bits per heavy atom. The zero-order chi connectivity index (χ0) is 19.5. The van der Waals surface area contributed by atoms with E-state index in [-0.39, 0.29) is 5.75 Å². The van der Waals surface area contributed by atoms with Crippen molar-refractivity contribution in [2.75, 3.05) is 25.1 Å². The van der Waals surface area contributed by atoms with E-state index >= 15 is 0 Å². The van der Waals surface area contributed by atoms with Gasteiger partial charge in [0.15, 0.2) is 11.6 Å². The minimum Gasteiger partial charge on any atom is -0.494 e. The van der Waals surface area contributed by atoms with Gasteiger partial charge in [0, 0.05) is 6.07 Å². The van der Waals surface area contributed by atoms with Crippen molar-refractivity contribution in [2.45, 2.75) is 4.90 Å². The van der Waals surface area contributed by atoms with Crippen LogP contribution >= 0.6 is 0 Å². The van der Waals surface area contributed by atoms with E-state index in [0.29, 0.717) is 16.4 Å². The summed E-state index contributed by atoms with van der Waals surface area (Å²) >= 11 is 0. The number of nitrogens with zero attached hydrogens (tertiary/aromatic N) is 1. The number of halogens is 3. The number of anilines is 1. The standard InChI is InChI=1S/C16H14F3NO5S/c1-24-15-6-4-11(8-13(15)19)26(22,23)20(9-16(21)25-2)14-5-3-10(17)7-12(14)18/h3-8H,9H2,1-2H3. The van der Waals surface area contributed by atoms with Crippen LogP contribution in [0.3, 0.4) is 0 Å². The summed E-state index contributed by atoms with van der Waals surface area (Å²) < 4.78 is 76.3. The lowest BCUT2D eigenvalue weighted by molar-refractivity contribution is -0.138. The summed E-state index contributed by atoms with van der Waals surface area (Å²) in [6.07, 6.45) is 0. The Morgan fingerprint density at radius 3 is 2.27 bits per heavy atom. The van der Waals surface area contributed by atoms with Crippen molar-refractivity contribution >= 4 is 21.7 Å². The third-order valence-corrected chi connectivity index (χ3v) is 5.15. The maximum Gasteiger partial charge on any atom is 0.326 e. The van der Waals surface area contributed by atoms with Gasteiger partial charge < -0.3 is 9.47 Å². The van der Waals surface area contributed by atoms with Crippen molar-refractivity contribution in [3.8, 4) is 5.75 Å². The van der Waals surface area contributed by atoms with E-state index in [1.54, 1.807) is 0 Å². The minimum absolute atomic E-state index is 0.198. The van der Waals surface area contributed by atoms with Crippen LogP contribution in [0.5, 0.6) is 5.75 Å². The van der Waals surface area contributed by atoms with Gasteiger partial charge >= 0.3 is 5.97 Å². The summed E-state index contributed by atoms with van der Waals surface area (Å²) in [5.41, 5.74) is -0.590. The molecule has 0 atom stereocenters. The Kier molecular flexibility index (Phi) is 5.76. The molecule has 0 fully saturated rings. The van der Waals surface area contributed by atoms with Crippen LogP contribution in [-0.2, 0) is 19.6 Å². The summed E-state index contributed by atoms with van der Waals surface area (Å²) in [5.74, 6) is -4.31. The quantitative estimate of drug-likeness (QED) is 0.710. The van der Waals surface area contributed by atoms with Crippen LogP contribution in [0.4, 0.5) is 18.9 Å². The first-order valence-corrected chi connectivity index (χ1v) is 8.53. The van der Waals surface area contributed by atoms with Crippen molar-refractivity contribution < 1.29 is 35.9 Å².